The van der Waals surface area contributed by atoms with Crippen LogP contribution in [0, 0.1) is 13.8 Å². The van der Waals surface area contributed by atoms with Crippen molar-refractivity contribution in [1.82, 2.24) is 10.5 Å². The Morgan fingerprint density at radius 3 is 2.75 bits per heavy atom. The molecule has 148 valence electrons. The molecule has 1 aromatic carbocycles. The van der Waals surface area contributed by atoms with Crippen LogP contribution in [0.5, 0.6) is 5.75 Å². The lowest BCUT2D eigenvalue weighted by Crippen LogP contribution is -2.25. The van der Waals surface area contributed by atoms with E-state index in [0.717, 1.165) is 17.0 Å². The molecule has 0 bridgehead atoms. The first-order chi connectivity index (χ1) is 13.6. The van der Waals surface area contributed by atoms with E-state index in [2.05, 4.69) is 10.5 Å². The molecule has 7 nitrogen and oxygen atoms in total. The number of hydrogen-bond acceptors (Lipinski definition) is 6. The third-order valence-corrected chi connectivity index (χ3v) is 4.26. The second-order valence-electron chi connectivity index (χ2n) is 6.33. The SMILES string of the molecule is Cc1noc(C)c1COc1ccccc1C(=O)NCCCOCc1ccco1. The van der Waals surface area contributed by atoms with Crippen molar-refractivity contribution in [2.45, 2.75) is 33.5 Å². The third kappa shape index (κ3) is 5.23. The van der Waals surface area contributed by atoms with Crippen molar-refractivity contribution < 1.29 is 23.2 Å². The van der Waals surface area contributed by atoms with E-state index >= 15 is 0 Å². The molecule has 0 radical (unpaired) electrons. The lowest BCUT2D eigenvalue weighted by molar-refractivity contribution is 0.0913. The first kappa shape index (κ1) is 19.7. The van der Waals surface area contributed by atoms with E-state index in [1.807, 2.05) is 38.1 Å². The summed E-state index contributed by atoms with van der Waals surface area (Å²) in [4.78, 5) is 12.5. The number of carbonyl (C=O) groups is 1. The number of para-hydroxylation sites is 1. The van der Waals surface area contributed by atoms with Crippen LogP contribution in [0.1, 0.15) is 39.6 Å². The molecule has 0 saturated carbocycles. The number of nitrogens with one attached hydrogen (secondary N) is 1. The zero-order valence-electron chi connectivity index (χ0n) is 16.1. The van der Waals surface area contributed by atoms with Gasteiger partial charge in [-0.3, -0.25) is 4.79 Å². The van der Waals surface area contributed by atoms with Crippen molar-refractivity contribution in [1.29, 1.82) is 0 Å². The maximum Gasteiger partial charge on any atom is 0.255 e. The van der Waals surface area contributed by atoms with Gasteiger partial charge in [-0.1, -0.05) is 17.3 Å². The van der Waals surface area contributed by atoms with E-state index in [0.29, 0.717) is 49.9 Å². The molecule has 0 unspecified atom stereocenters. The van der Waals surface area contributed by atoms with Crippen LogP contribution in [0.15, 0.2) is 51.6 Å². The number of rotatable bonds is 10. The number of aromatic nitrogens is 1. The molecule has 28 heavy (non-hydrogen) atoms. The Labute approximate surface area is 163 Å². The molecule has 1 amide bonds. The summed E-state index contributed by atoms with van der Waals surface area (Å²) in [5.41, 5.74) is 2.17. The number of hydrogen-bond donors (Lipinski definition) is 1. The van der Waals surface area contributed by atoms with E-state index in [4.69, 9.17) is 18.4 Å². The molecule has 0 aliphatic heterocycles. The van der Waals surface area contributed by atoms with Crippen molar-refractivity contribution in [3.05, 3.63) is 71.0 Å². The Bertz CT molecular complexity index is 867. The van der Waals surface area contributed by atoms with Crippen molar-refractivity contribution in [3.8, 4) is 5.75 Å². The number of carbonyl (C=O) groups excluding carboxylic acids is 1. The van der Waals surface area contributed by atoms with Gasteiger partial charge in [-0.05, 0) is 44.5 Å². The van der Waals surface area contributed by atoms with Gasteiger partial charge < -0.3 is 23.7 Å². The van der Waals surface area contributed by atoms with Crippen molar-refractivity contribution in [2.24, 2.45) is 0 Å². The summed E-state index contributed by atoms with van der Waals surface area (Å²) in [6.07, 6.45) is 2.32. The van der Waals surface area contributed by atoms with Gasteiger partial charge in [0, 0.05) is 13.2 Å². The minimum atomic E-state index is -0.180. The normalized spacial score (nSPS) is 10.8. The highest BCUT2D eigenvalue weighted by molar-refractivity contribution is 5.96. The van der Waals surface area contributed by atoms with Gasteiger partial charge in [-0.2, -0.15) is 0 Å². The molecular weight excluding hydrogens is 360 g/mol. The quantitative estimate of drug-likeness (QED) is 0.535. The Kier molecular flexibility index (Phi) is 6.86. The minimum Gasteiger partial charge on any atom is -0.488 e. The number of furan rings is 1. The first-order valence-electron chi connectivity index (χ1n) is 9.17. The molecule has 0 saturated heterocycles. The van der Waals surface area contributed by atoms with E-state index in [9.17, 15) is 4.79 Å². The lowest BCUT2D eigenvalue weighted by Gasteiger charge is -2.11. The van der Waals surface area contributed by atoms with E-state index < -0.39 is 0 Å². The fraction of sp³-hybridized carbons (Fsp3) is 0.333. The Hall–Kier alpha value is -3.06. The molecular formula is C21H24N2O5. The summed E-state index contributed by atoms with van der Waals surface area (Å²) >= 11 is 0. The van der Waals surface area contributed by atoms with E-state index in [1.165, 1.54) is 0 Å². The van der Waals surface area contributed by atoms with Crippen molar-refractivity contribution in [2.75, 3.05) is 13.2 Å². The predicted octanol–water partition coefficient (Wildman–Crippen LogP) is 3.80. The largest absolute Gasteiger partial charge is 0.488 e. The van der Waals surface area contributed by atoms with Crippen LogP contribution in [-0.4, -0.2) is 24.2 Å². The smallest absolute Gasteiger partial charge is 0.255 e. The molecule has 2 aromatic heterocycles. The Balaban J connectivity index is 1.45. The number of aryl methyl sites for hydroxylation is 2. The second-order valence-corrected chi connectivity index (χ2v) is 6.33. The Morgan fingerprint density at radius 2 is 2.00 bits per heavy atom. The van der Waals surface area contributed by atoms with Gasteiger partial charge in [0.1, 0.15) is 30.5 Å². The molecule has 0 aliphatic carbocycles. The van der Waals surface area contributed by atoms with Crippen LogP contribution < -0.4 is 10.1 Å². The summed E-state index contributed by atoms with van der Waals surface area (Å²) in [5, 5.41) is 6.81. The molecule has 0 atom stereocenters. The number of ether oxygens (including phenoxy) is 2. The molecule has 2 heterocycles. The summed E-state index contributed by atoms with van der Waals surface area (Å²) in [5.74, 6) is 1.84. The van der Waals surface area contributed by atoms with Gasteiger partial charge in [0.25, 0.3) is 5.91 Å². The van der Waals surface area contributed by atoms with Crippen molar-refractivity contribution in [3.63, 3.8) is 0 Å². The molecule has 3 aromatic rings. The van der Waals surface area contributed by atoms with Crippen LogP contribution >= 0.6 is 0 Å². The molecule has 0 fully saturated rings. The zero-order chi connectivity index (χ0) is 19.8. The maximum atomic E-state index is 12.5. The standard InChI is InChI=1S/C21H24N2O5/c1-15-19(16(2)28-23-15)14-27-20-9-4-3-8-18(20)21(24)22-10-6-11-25-13-17-7-5-12-26-17/h3-5,7-9,12H,6,10-11,13-14H2,1-2H3,(H,22,24). The molecule has 0 aliphatic rings. The van der Waals surface area contributed by atoms with Crippen LogP contribution in [0.4, 0.5) is 0 Å². The highest BCUT2D eigenvalue weighted by Crippen LogP contribution is 2.21. The van der Waals surface area contributed by atoms with Crippen molar-refractivity contribution >= 4 is 5.91 Å². The van der Waals surface area contributed by atoms with Gasteiger partial charge in [0.2, 0.25) is 0 Å². The Morgan fingerprint density at radius 1 is 1.14 bits per heavy atom. The minimum absolute atomic E-state index is 0.180. The first-order valence-corrected chi connectivity index (χ1v) is 9.17. The van der Waals surface area contributed by atoms with Crippen LogP contribution in [0.3, 0.4) is 0 Å². The lowest BCUT2D eigenvalue weighted by atomic mass is 10.1. The fourth-order valence-electron chi connectivity index (χ4n) is 2.68. The average Bonchev–Trinajstić information content (AvgIpc) is 3.33. The number of benzene rings is 1. The van der Waals surface area contributed by atoms with Crippen LogP contribution in [0.25, 0.3) is 0 Å². The number of amides is 1. The fourth-order valence-corrected chi connectivity index (χ4v) is 2.68. The molecule has 3 rings (SSSR count). The molecule has 0 spiro atoms. The summed E-state index contributed by atoms with van der Waals surface area (Å²) in [7, 11) is 0. The van der Waals surface area contributed by atoms with Gasteiger partial charge in [0.15, 0.2) is 0 Å². The zero-order valence-corrected chi connectivity index (χ0v) is 16.1. The average molecular weight is 384 g/mol. The molecule has 7 heteroatoms. The molecule has 1 N–H and O–H groups in total. The van der Waals surface area contributed by atoms with Gasteiger partial charge in [0.05, 0.1) is 23.1 Å². The van der Waals surface area contributed by atoms with E-state index in [-0.39, 0.29) is 5.91 Å². The van der Waals surface area contributed by atoms with Crippen LogP contribution in [-0.2, 0) is 18.0 Å². The van der Waals surface area contributed by atoms with Gasteiger partial charge in [-0.15, -0.1) is 0 Å². The topological polar surface area (TPSA) is 86.7 Å². The van der Waals surface area contributed by atoms with E-state index in [1.54, 1.807) is 18.4 Å². The summed E-state index contributed by atoms with van der Waals surface area (Å²) in [6.45, 7) is 5.47. The van der Waals surface area contributed by atoms with Crippen LogP contribution in [0.2, 0.25) is 0 Å². The van der Waals surface area contributed by atoms with Gasteiger partial charge in [-0.25, -0.2) is 0 Å². The highest BCUT2D eigenvalue weighted by Gasteiger charge is 2.14. The monoisotopic (exact) mass is 384 g/mol. The third-order valence-electron chi connectivity index (χ3n) is 4.26. The maximum absolute atomic E-state index is 12.5. The second kappa shape index (κ2) is 9.75. The highest BCUT2D eigenvalue weighted by atomic mass is 16.5. The number of nitrogens with zero attached hydrogens (tertiary/aromatic N) is 1. The van der Waals surface area contributed by atoms with Gasteiger partial charge >= 0.3 is 0 Å². The summed E-state index contributed by atoms with van der Waals surface area (Å²) in [6, 6.07) is 10.8. The predicted molar refractivity (Wildman–Crippen MR) is 102 cm³/mol. The summed E-state index contributed by atoms with van der Waals surface area (Å²) < 4.78 is 21.7.